The minimum Gasteiger partial charge on any atom is -0.494 e. The maximum Gasteiger partial charge on any atom is 0.276 e. The van der Waals surface area contributed by atoms with Crippen LogP contribution in [0.1, 0.15) is 35.0 Å². The number of hydrogen-bond donors (Lipinski definition) is 1. The molecule has 0 fully saturated rings. The van der Waals surface area contributed by atoms with Gasteiger partial charge in [-0.2, -0.15) is 0 Å². The minimum atomic E-state index is -0.265. The largest absolute Gasteiger partial charge is 0.494 e. The van der Waals surface area contributed by atoms with Crippen molar-refractivity contribution < 1.29 is 9.53 Å². The fourth-order valence-electron chi connectivity index (χ4n) is 3.37. The molecule has 1 aliphatic heterocycles. The Labute approximate surface area is 170 Å². The number of aromatic nitrogens is 2. The molecule has 0 saturated heterocycles. The van der Waals surface area contributed by atoms with Gasteiger partial charge in [-0.3, -0.25) is 4.79 Å². The Morgan fingerprint density at radius 1 is 1.07 bits per heavy atom. The predicted molar refractivity (Wildman–Crippen MR) is 113 cm³/mol. The molecule has 1 amide bonds. The number of amides is 1. The number of nitrogens with zero attached hydrogens (tertiary/aromatic N) is 3. The maximum absolute atomic E-state index is 12.3. The van der Waals surface area contributed by atoms with Crippen LogP contribution in [0.2, 0.25) is 0 Å². The highest BCUT2D eigenvalue weighted by molar-refractivity contribution is 6.02. The van der Waals surface area contributed by atoms with Gasteiger partial charge in [-0.25, -0.2) is 0 Å². The van der Waals surface area contributed by atoms with Crippen molar-refractivity contribution in [1.29, 1.82) is 0 Å². The zero-order chi connectivity index (χ0) is 20.1. The zero-order valence-corrected chi connectivity index (χ0v) is 16.5. The van der Waals surface area contributed by atoms with E-state index in [0.29, 0.717) is 5.69 Å². The summed E-state index contributed by atoms with van der Waals surface area (Å²) in [6.07, 6.45) is 1.93. The van der Waals surface area contributed by atoms with Crippen molar-refractivity contribution in [2.45, 2.75) is 26.3 Å². The van der Waals surface area contributed by atoms with E-state index in [0.717, 1.165) is 49.8 Å². The Balaban J connectivity index is 1.41. The number of carbonyl (C=O) groups is 1. The van der Waals surface area contributed by atoms with Crippen LogP contribution in [0.4, 0.5) is 11.5 Å². The lowest BCUT2D eigenvalue weighted by atomic mass is 9.99. The Morgan fingerprint density at radius 3 is 2.69 bits per heavy atom. The molecule has 0 atom stereocenters. The van der Waals surface area contributed by atoms with E-state index in [1.807, 2.05) is 42.5 Å². The van der Waals surface area contributed by atoms with E-state index in [2.05, 4.69) is 39.5 Å². The molecule has 1 aliphatic rings. The second kappa shape index (κ2) is 8.73. The number of rotatable bonds is 6. The van der Waals surface area contributed by atoms with E-state index in [1.165, 1.54) is 11.1 Å². The van der Waals surface area contributed by atoms with Gasteiger partial charge in [0.05, 0.1) is 6.61 Å². The average Bonchev–Trinajstić information content (AvgIpc) is 2.78. The first kappa shape index (κ1) is 18.9. The van der Waals surface area contributed by atoms with Gasteiger partial charge in [0.1, 0.15) is 5.75 Å². The predicted octanol–water partition coefficient (Wildman–Crippen LogP) is 4.08. The van der Waals surface area contributed by atoms with Crippen molar-refractivity contribution in [3.63, 3.8) is 0 Å². The van der Waals surface area contributed by atoms with Gasteiger partial charge in [0.2, 0.25) is 0 Å². The quantitative estimate of drug-likeness (QED) is 0.689. The van der Waals surface area contributed by atoms with E-state index in [-0.39, 0.29) is 5.91 Å². The summed E-state index contributed by atoms with van der Waals surface area (Å²) < 4.78 is 5.74. The topological polar surface area (TPSA) is 67.3 Å². The summed E-state index contributed by atoms with van der Waals surface area (Å²) in [6.45, 7) is 4.47. The monoisotopic (exact) mass is 388 g/mol. The number of fused-ring (bicyclic) bond motifs is 1. The molecular weight excluding hydrogens is 364 g/mol. The highest BCUT2D eigenvalue weighted by atomic mass is 16.5. The second-order valence-corrected chi connectivity index (χ2v) is 7.05. The lowest BCUT2D eigenvalue weighted by Crippen LogP contribution is -2.31. The summed E-state index contributed by atoms with van der Waals surface area (Å²) in [5.41, 5.74) is 3.63. The smallest absolute Gasteiger partial charge is 0.276 e. The average molecular weight is 388 g/mol. The number of benzene rings is 2. The standard InChI is InChI=1S/C23H24N4O2/c1-2-14-29-20-9-8-18-16-27(13-12-17(18)15-20)22-11-10-21(25-26-22)23(28)24-19-6-4-3-5-7-19/h3-11,15H,2,12-14,16H2,1H3,(H,24,28). The first-order chi connectivity index (χ1) is 14.2. The molecule has 0 unspecified atom stereocenters. The third-order valence-electron chi connectivity index (χ3n) is 4.90. The van der Waals surface area contributed by atoms with Crippen LogP contribution < -0.4 is 15.0 Å². The van der Waals surface area contributed by atoms with Gasteiger partial charge in [0.15, 0.2) is 11.5 Å². The molecule has 6 heteroatoms. The molecular formula is C23H24N4O2. The first-order valence-corrected chi connectivity index (χ1v) is 9.92. The number of carbonyl (C=O) groups excluding carboxylic acids is 1. The molecule has 0 bridgehead atoms. The highest BCUT2D eigenvalue weighted by Gasteiger charge is 2.19. The van der Waals surface area contributed by atoms with Crippen molar-refractivity contribution in [3.8, 4) is 5.75 Å². The molecule has 29 heavy (non-hydrogen) atoms. The SMILES string of the molecule is CCCOc1ccc2c(c1)CCN(c1ccc(C(=O)Nc3ccccc3)nn1)C2. The minimum absolute atomic E-state index is 0.265. The molecule has 3 aromatic rings. The molecule has 148 valence electrons. The van der Waals surface area contributed by atoms with Crippen molar-refractivity contribution in [2.24, 2.45) is 0 Å². The van der Waals surface area contributed by atoms with Gasteiger partial charge in [0, 0.05) is 18.8 Å². The number of para-hydroxylation sites is 1. The number of anilines is 2. The van der Waals surface area contributed by atoms with E-state index in [1.54, 1.807) is 6.07 Å². The lowest BCUT2D eigenvalue weighted by molar-refractivity contribution is 0.102. The molecule has 0 spiro atoms. The van der Waals surface area contributed by atoms with Gasteiger partial charge in [0.25, 0.3) is 5.91 Å². The van der Waals surface area contributed by atoms with Crippen LogP contribution in [0.3, 0.4) is 0 Å². The third-order valence-corrected chi connectivity index (χ3v) is 4.90. The van der Waals surface area contributed by atoms with Gasteiger partial charge in [-0.05, 0) is 60.4 Å². The van der Waals surface area contributed by atoms with Crippen LogP contribution in [0, 0.1) is 0 Å². The zero-order valence-electron chi connectivity index (χ0n) is 16.5. The van der Waals surface area contributed by atoms with Crippen LogP contribution in [-0.4, -0.2) is 29.3 Å². The van der Waals surface area contributed by atoms with Crippen LogP contribution in [-0.2, 0) is 13.0 Å². The Kier molecular flexibility index (Phi) is 5.70. The summed E-state index contributed by atoms with van der Waals surface area (Å²) in [6, 6.07) is 19.2. The van der Waals surface area contributed by atoms with Crippen LogP contribution >= 0.6 is 0 Å². The third kappa shape index (κ3) is 4.54. The Morgan fingerprint density at radius 2 is 1.93 bits per heavy atom. The van der Waals surface area contributed by atoms with Crippen molar-refractivity contribution in [3.05, 3.63) is 77.5 Å². The highest BCUT2D eigenvalue weighted by Crippen LogP contribution is 2.26. The van der Waals surface area contributed by atoms with E-state index >= 15 is 0 Å². The summed E-state index contributed by atoms with van der Waals surface area (Å²) in [7, 11) is 0. The molecule has 4 rings (SSSR count). The van der Waals surface area contributed by atoms with Gasteiger partial charge in [-0.15, -0.1) is 10.2 Å². The lowest BCUT2D eigenvalue weighted by Gasteiger charge is -2.29. The Bertz CT molecular complexity index is 974. The molecule has 0 aliphatic carbocycles. The molecule has 1 N–H and O–H groups in total. The number of ether oxygens (including phenoxy) is 1. The van der Waals surface area contributed by atoms with Crippen molar-refractivity contribution >= 4 is 17.4 Å². The van der Waals surface area contributed by atoms with E-state index < -0.39 is 0 Å². The van der Waals surface area contributed by atoms with Crippen LogP contribution in [0.15, 0.2) is 60.7 Å². The maximum atomic E-state index is 12.3. The summed E-state index contributed by atoms with van der Waals surface area (Å²) in [5.74, 6) is 1.45. The number of nitrogens with one attached hydrogen (secondary N) is 1. The molecule has 6 nitrogen and oxygen atoms in total. The Hall–Kier alpha value is -3.41. The summed E-state index contributed by atoms with van der Waals surface area (Å²) >= 11 is 0. The summed E-state index contributed by atoms with van der Waals surface area (Å²) in [4.78, 5) is 14.5. The fourth-order valence-corrected chi connectivity index (χ4v) is 3.37. The van der Waals surface area contributed by atoms with E-state index in [4.69, 9.17) is 4.74 Å². The summed E-state index contributed by atoms with van der Waals surface area (Å²) in [5, 5.41) is 11.2. The van der Waals surface area contributed by atoms with Gasteiger partial charge in [-0.1, -0.05) is 31.2 Å². The normalized spacial score (nSPS) is 12.9. The molecule has 1 aromatic heterocycles. The first-order valence-electron chi connectivity index (χ1n) is 9.92. The molecule has 2 heterocycles. The fraction of sp³-hybridized carbons (Fsp3) is 0.261. The van der Waals surface area contributed by atoms with Crippen molar-refractivity contribution in [1.82, 2.24) is 10.2 Å². The molecule has 0 radical (unpaired) electrons. The van der Waals surface area contributed by atoms with Crippen molar-refractivity contribution in [2.75, 3.05) is 23.4 Å². The van der Waals surface area contributed by atoms with Crippen LogP contribution in [0.5, 0.6) is 5.75 Å². The number of hydrogen-bond acceptors (Lipinski definition) is 5. The molecule has 2 aromatic carbocycles. The van der Waals surface area contributed by atoms with E-state index in [9.17, 15) is 4.79 Å². The molecule has 0 saturated carbocycles. The van der Waals surface area contributed by atoms with Gasteiger partial charge < -0.3 is 15.0 Å². The van der Waals surface area contributed by atoms with Gasteiger partial charge >= 0.3 is 0 Å². The van der Waals surface area contributed by atoms with Crippen LogP contribution in [0.25, 0.3) is 0 Å². The second-order valence-electron chi connectivity index (χ2n) is 7.05.